The molecule has 5 heteroatoms. The lowest BCUT2D eigenvalue weighted by Crippen LogP contribution is -2.52. The fourth-order valence-corrected chi connectivity index (χ4v) is 3.58. The highest BCUT2D eigenvalue weighted by Crippen LogP contribution is 2.24. The van der Waals surface area contributed by atoms with Crippen molar-refractivity contribution in [2.45, 2.75) is 25.1 Å². The maximum absolute atomic E-state index is 13.1. The third kappa shape index (κ3) is 3.43. The van der Waals surface area contributed by atoms with Gasteiger partial charge in [0.2, 0.25) is 5.91 Å². The van der Waals surface area contributed by atoms with E-state index in [1.807, 2.05) is 17.0 Å². The summed E-state index contributed by atoms with van der Waals surface area (Å²) in [5.74, 6) is -0.150. The Morgan fingerprint density at radius 2 is 1.88 bits per heavy atom. The van der Waals surface area contributed by atoms with Gasteiger partial charge >= 0.3 is 0 Å². The highest BCUT2D eigenvalue weighted by atomic mass is 19.1. The summed E-state index contributed by atoms with van der Waals surface area (Å²) < 4.78 is 18.9. The topological polar surface area (TPSA) is 41.6 Å². The Morgan fingerprint density at radius 1 is 1.12 bits per heavy atom. The zero-order chi connectivity index (χ0) is 17.2. The summed E-state index contributed by atoms with van der Waals surface area (Å²) in [6.07, 6.45) is 0.516. The average Bonchev–Trinajstić information content (AvgIpc) is 2.68. The first-order valence-corrected chi connectivity index (χ1v) is 8.67. The van der Waals surface area contributed by atoms with Gasteiger partial charge in [0.05, 0.1) is 19.2 Å². The number of benzene rings is 2. The van der Waals surface area contributed by atoms with Gasteiger partial charge in [-0.2, -0.15) is 0 Å². The maximum atomic E-state index is 13.1. The fraction of sp³-hybridized carbons (Fsp3) is 0.350. The molecule has 0 aliphatic carbocycles. The summed E-state index contributed by atoms with van der Waals surface area (Å²) in [6.45, 7) is 2.32. The van der Waals surface area contributed by atoms with E-state index in [2.05, 4.69) is 17.4 Å². The van der Waals surface area contributed by atoms with Gasteiger partial charge in [-0.3, -0.25) is 4.79 Å². The van der Waals surface area contributed by atoms with Crippen LogP contribution in [0.25, 0.3) is 0 Å². The lowest BCUT2D eigenvalue weighted by atomic mass is 9.95. The van der Waals surface area contributed by atoms with Crippen LogP contribution < -0.4 is 5.32 Å². The summed E-state index contributed by atoms with van der Waals surface area (Å²) in [7, 11) is 0. The molecule has 2 heterocycles. The molecule has 2 unspecified atom stereocenters. The molecule has 25 heavy (non-hydrogen) atoms. The standard InChI is InChI=1S/C20H21FN2O2/c21-17-7-5-14(6-8-17)19-13-23(9-10-25-19)20(24)18-11-15-3-1-2-4-16(15)12-22-18/h1-8,18-19,22H,9-13H2. The van der Waals surface area contributed by atoms with Crippen LogP contribution in [-0.2, 0) is 22.5 Å². The first kappa shape index (κ1) is 16.2. The number of halogens is 1. The Labute approximate surface area is 146 Å². The number of nitrogens with zero attached hydrogens (tertiary/aromatic N) is 1. The molecule has 2 aliphatic heterocycles. The van der Waals surface area contributed by atoms with Crippen LogP contribution in [0.3, 0.4) is 0 Å². The molecule has 0 bridgehead atoms. The summed E-state index contributed by atoms with van der Waals surface area (Å²) in [5, 5.41) is 3.35. The highest BCUT2D eigenvalue weighted by Gasteiger charge is 2.31. The van der Waals surface area contributed by atoms with Crippen molar-refractivity contribution >= 4 is 5.91 Å². The third-order valence-corrected chi connectivity index (χ3v) is 5.00. The lowest BCUT2D eigenvalue weighted by molar-refractivity contribution is -0.141. The molecular formula is C20H21FN2O2. The van der Waals surface area contributed by atoms with E-state index in [4.69, 9.17) is 4.74 Å². The Kier molecular flexibility index (Phi) is 4.51. The third-order valence-electron chi connectivity index (χ3n) is 5.00. The second-order valence-electron chi connectivity index (χ2n) is 6.60. The number of ether oxygens (including phenoxy) is 1. The van der Waals surface area contributed by atoms with E-state index in [0.717, 1.165) is 12.1 Å². The molecule has 2 aromatic carbocycles. The van der Waals surface area contributed by atoms with Crippen molar-refractivity contribution in [3.8, 4) is 0 Å². The van der Waals surface area contributed by atoms with Crippen LogP contribution in [0.5, 0.6) is 0 Å². The smallest absolute Gasteiger partial charge is 0.240 e. The fourth-order valence-electron chi connectivity index (χ4n) is 3.58. The van der Waals surface area contributed by atoms with E-state index in [1.54, 1.807) is 12.1 Å². The predicted octanol–water partition coefficient (Wildman–Crippen LogP) is 2.44. The minimum absolute atomic E-state index is 0.116. The van der Waals surface area contributed by atoms with Gasteiger partial charge in [-0.15, -0.1) is 0 Å². The number of morpholine rings is 1. The molecule has 1 N–H and O–H groups in total. The lowest BCUT2D eigenvalue weighted by Gasteiger charge is -2.36. The Bertz CT molecular complexity index is 763. The van der Waals surface area contributed by atoms with Gasteiger partial charge in [0.25, 0.3) is 0 Å². The van der Waals surface area contributed by atoms with Crippen molar-refractivity contribution in [1.29, 1.82) is 0 Å². The van der Waals surface area contributed by atoms with Crippen molar-refractivity contribution in [3.05, 3.63) is 71.0 Å². The molecule has 1 fully saturated rings. The highest BCUT2D eigenvalue weighted by molar-refractivity contribution is 5.82. The summed E-state index contributed by atoms with van der Waals surface area (Å²) >= 11 is 0. The molecule has 2 aliphatic rings. The van der Waals surface area contributed by atoms with Crippen LogP contribution in [0.2, 0.25) is 0 Å². The normalized spacial score (nSPS) is 23.2. The van der Waals surface area contributed by atoms with Crippen molar-refractivity contribution in [1.82, 2.24) is 10.2 Å². The molecule has 130 valence electrons. The number of hydrogen-bond acceptors (Lipinski definition) is 3. The summed E-state index contributed by atoms with van der Waals surface area (Å²) in [6, 6.07) is 14.4. The van der Waals surface area contributed by atoms with E-state index >= 15 is 0 Å². The number of nitrogens with one attached hydrogen (secondary N) is 1. The van der Waals surface area contributed by atoms with Gasteiger partial charge in [-0.1, -0.05) is 36.4 Å². The van der Waals surface area contributed by atoms with Crippen LogP contribution >= 0.6 is 0 Å². The molecule has 0 aromatic heterocycles. The van der Waals surface area contributed by atoms with Crippen molar-refractivity contribution < 1.29 is 13.9 Å². The average molecular weight is 340 g/mol. The maximum Gasteiger partial charge on any atom is 0.240 e. The zero-order valence-electron chi connectivity index (χ0n) is 14.0. The minimum Gasteiger partial charge on any atom is -0.370 e. The first-order chi connectivity index (χ1) is 12.2. The molecule has 1 amide bonds. The van der Waals surface area contributed by atoms with E-state index < -0.39 is 0 Å². The summed E-state index contributed by atoms with van der Waals surface area (Å²) in [5.41, 5.74) is 3.40. The zero-order valence-corrected chi connectivity index (χ0v) is 14.0. The molecule has 0 saturated carbocycles. The summed E-state index contributed by atoms with van der Waals surface area (Å²) in [4.78, 5) is 14.8. The van der Waals surface area contributed by atoms with E-state index in [9.17, 15) is 9.18 Å². The second-order valence-corrected chi connectivity index (χ2v) is 6.60. The monoisotopic (exact) mass is 340 g/mol. The quantitative estimate of drug-likeness (QED) is 0.913. The molecule has 4 rings (SSSR count). The number of fused-ring (bicyclic) bond motifs is 1. The van der Waals surface area contributed by atoms with Gasteiger partial charge < -0.3 is 15.0 Å². The number of hydrogen-bond donors (Lipinski definition) is 1. The van der Waals surface area contributed by atoms with Gasteiger partial charge in [-0.05, 0) is 35.2 Å². The van der Waals surface area contributed by atoms with E-state index in [1.165, 1.54) is 23.3 Å². The Balaban J connectivity index is 1.44. The van der Waals surface area contributed by atoms with E-state index in [0.29, 0.717) is 26.1 Å². The van der Waals surface area contributed by atoms with Crippen LogP contribution in [0.1, 0.15) is 22.8 Å². The van der Waals surface area contributed by atoms with Gasteiger partial charge in [0.15, 0.2) is 0 Å². The van der Waals surface area contributed by atoms with E-state index in [-0.39, 0.29) is 23.9 Å². The van der Waals surface area contributed by atoms with Crippen molar-refractivity contribution in [2.75, 3.05) is 19.7 Å². The number of carbonyl (C=O) groups excluding carboxylic acids is 1. The van der Waals surface area contributed by atoms with Gasteiger partial charge in [0, 0.05) is 13.1 Å². The van der Waals surface area contributed by atoms with Gasteiger partial charge in [-0.25, -0.2) is 4.39 Å². The van der Waals surface area contributed by atoms with Crippen LogP contribution in [0, 0.1) is 5.82 Å². The molecule has 2 atom stereocenters. The van der Waals surface area contributed by atoms with Gasteiger partial charge in [0.1, 0.15) is 11.9 Å². The second kappa shape index (κ2) is 6.94. The molecule has 2 aromatic rings. The molecule has 4 nitrogen and oxygen atoms in total. The van der Waals surface area contributed by atoms with Crippen molar-refractivity contribution in [3.63, 3.8) is 0 Å². The molecule has 0 radical (unpaired) electrons. The SMILES string of the molecule is O=C(C1Cc2ccccc2CN1)N1CCOC(c2ccc(F)cc2)C1. The molecule has 0 spiro atoms. The number of carbonyl (C=O) groups is 1. The van der Waals surface area contributed by atoms with Crippen LogP contribution in [0.4, 0.5) is 4.39 Å². The van der Waals surface area contributed by atoms with Crippen molar-refractivity contribution in [2.24, 2.45) is 0 Å². The predicted molar refractivity (Wildman–Crippen MR) is 92.4 cm³/mol. The minimum atomic E-state index is -0.266. The first-order valence-electron chi connectivity index (χ1n) is 8.67. The Morgan fingerprint density at radius 3 is 2.68 bits per heavy atom. The molecular weight excluding hydrogens is 319 g/mol. The number of rotatable bonds is 2. The van der Waals surface area contributed by atoms with Crippen LogP contribution in [0.15, 0.2) is 48.5 Å². The Hall–Kier alpha value is -2.24. The molecule has 1 saturated heterocycles. The van der Waals surface area contributed by atoms with Crippen LogP contribution in [-0.4, -0.2) is 36.5 Å². The number of amides is 1. The largest absolute Gasteiger partial charge is 0.370 e.